The standard InChI is InChI=1S/C61H62F12O12S4/c62-58(63,64)43-17-27-49(28-18-43)86(74,75)82-39-15-11-7-3-1-5-9-13-37-57(38-14-10-6-2-4-8-12-16-40-83-87(76,77)50-29-19-44(20-30-50)59(65,66)67)55-41-47(84-88(78,79)51-31-21-45(22-32-51)60(68,69)70)25-35-53(55)54-36-26-48(42-56(54)57)85-89(80,81)52-33-23-46(24-34-52)61(71,72)73/h17-36,41-42H,1-16,37-40H2. The van der Waals surface area contributed by atoms with Gasteiger partial charge in [0.1, 0.15) is 21.3 Å². The van der Waals surface area contributed by atoms with E-state index >= 15 is 0 Å². The van der Waals surface area contributed by atoms with Crippen LogP contribution in [0, 0.1) is 0 Å². The van der Waals surface area contributed by atoms with Crippen molar-refractivity contribution < 1.29 is 103 Å². The van der Waals surface area contributed by atoms with Crippen LogP contribution in [0.3, 0.4) is 0 Å². The van der Waals surface area contributed by atoms with E-state index in [1.165, 1.54) is 24.3 Å². The maximum atomic E-state index is 13.7. The Bertz CT molecular complexity index is 3550. The van der Waals surface area contributed by atoms with Crippen molar-refractivity contribution in [2.75, 3.05) is 13.2 Å². The number of hydrogen-bond acceptors (Lipinski definition) is 12. The lowest BCUT2D eigenvalue weighted by molar-refractivity contribution is -0.138. The molecule has 0 radical (unpaired) electrons. The maximum Gasteiger partial charge on any atom is 0.416 e. The summed E-state index contributed by atoms with van der Waals surface area (Å²) in [5.41, 5.74) is -2.82. The fourth-order valence-corrected chi connectivity index (χ4v) is 14.2. The van der Waals surface area contributed by atoms with Gasteiger partial charge in [0.2, 0.25) is 0 Å². The lowest BCUT2D eigenvalue weighted by Gasteiger charge is -2.33. The Balaban J connectivity index is 1.05. The summed E-state index contributed by atoms with van der Waals surface area (Å²) in [7, 11) is -18.1. The van der Waals surface area contributed by atoms with Crippen molar-refractivity contribution >= 4 is 40.5 Å². The van der Waals surface area contributed by atoms with Crippen molar-refractivity contribution in [2.45, 2.75) is 165 Å². The molecular weight excluding hydrogens is 1280 g/mol. The molecule has 0 fully saturated rings. The third-order valence-electron chi connectivity index (χ3n) is 15.1. The van der Waals surface area contributed by atoms with E-state index in [1.807, 2.05) is 0 Å². The molecule has 28 heteroatoms. The zero-order chi connectivity index (χ0) is 65.1. The molecule has 0 unspecified atom stereocenters. The van der Waals surface area contributed by atoms with Crippen LogP contribution in [0.15, 0.2) is 153 Å². The second-order valence-corrected chi connectivity index (χ2v) is 27.7. The molecule has 89 heavy (non-hydrogen) atoms. The molecule has 0 aliphatic heterocycles. The Morgan fingerprint density at radius 2 is 0.528 bits per heavy atom. The molecular formula is C61H62F12O12S4. The van der Waals surface area contributed by atoms with E-state index in [0.29, 0.717) is 148 Å². The average Bonchev–Trinajstić information content (AvgIpc) is 1.65. The molecule has 0 saturated carbocycles. The molecule has 0 N–H and O–H groups in total. The molecule has 0 atom stereocenters. The summed E-state index contributed by atoms with van der Waals surface area (Å²) < 4.78 is 284. The predicted molar refractivity (Wildman–Crippen MR) is 303 cm³/mol. The minimum atomic E-state index is -4.76. The molecule has 0 aromatic heterocycles. The highest BCUT2D eigenvalue weighted by Gasteiger charge is 2.44. The van der Waals surface area contributed by atoms with Gasteiger partial charge in [-0.15, -0.1) is 0 Å². The van der Waals surface area contributed by atoms with Gasteiger partial charge in [0.15, 0.2) is 0 Å². The van der Waals surface area contributed by atoms with Crippen LogP contribution in [0.25, 0.3) is 11.1 Å². The number of fused-ring (bicyclic) bond motifs is 3. The summed E-state index contributed by atoms with van der Waals surface area (Å²) >= 11 is 0. The second-order valence-electron chi connectivity index (χ2n) is 21.4. The summed E-state index contributed by atoms with van der Waals surface area (Å²) in [6.45, 7) is -0.383. The highest BCUT2D eigenvalue weighted by molar-refractivity contribution is 7.87. The minimum absolute atomic E-state index is 0.188. The zero-order valence-electron chi connectivity index (χ0n) is 47.4. The van der Waals surface area contributed by atoms with Gasteiger partial charge in [-0.3, -0.25) is 8.37 Å². The van der Waals surface area contributed by atoms with Crippen LogP contribution >= 0.6 is 0 Å². The third-order valence-corrected chi connectivity index (χ3v) is 20.2. The van der Waals surface area contributed by atoms with Gasteiger partial charge in [-0.05, 0) is 169 Å². The average molecular weight is 1340 g/mol. The van der Waals surface area contributed by atoms with E-state index in [9.17, 15) is 86.4 Å². The van der Waals surface area contributed by atoms with Gasteiger partial charge >= 0.3 is 44.9 Å². The Labute approximate surface area is 509 Å². The Morgan fingerprint density at radius 1 is 0.292 bits per heavy atom. The van der Waals surface area contributed by atoms with Gasteiger partial charge in [-0.2, -0.15) is 86.4 Å². The van der Waals surface area contributed by atoms with Crippen LogP contribution in [0.5, 0.6) is 11.5 Å². The zero-order valence-corrected chi connectivity index (χ0v) is 50.7. The normalized spacial score (nSPS) is 13.9. The SMILES string of the molecule is O=S(=O)(OCCCCCCCCCCC1(CCCCCCCCCCOS(=O)(=O)c2ccc(C(F)(F)F)cc2)c2cc(OS(=O)(=O)c3ccc(C(F)(F)F)cc3)ccc2-c2ccc(OS(=O)(=O)c3ccc(C(F)(F)F)cc3)cc21)c1ccc(C(F)(F)F)cc1. The van der Waals surface area contributed by atoms with Crippen molar-refractivity contribution in [1.29, 1.82) is 0 Å². The van der Waals surface area contributed by atoms with Crippen molar-refractivity contribution in [3.05, 3.63) is 167 Å². The van der Waals surface area contributed by atoms with E-state index < -0.39 is 112 Å². The molecule has 12 nitrogen and oxygen atoms in total. The molecule has 0 amide bonds. The Kier molecular flexibility index (Phi) is 22.9. The van der Waals surface area contributed by atoms with Crippen molar-refractivity contribution in [3.63, 3.8) is 0 Å². The fraction of sp³-hybridized carbons (Fsp3) is 0.410. The van der Waals surface area contributed by atoms with Crippen LogP contribution in [0.2, 0.25) is 0 Å². The smallest absolute Gasteiger partial charge is 0.379 e. The molecule has 6 aromatic rings. The van der Waals surface area contributed by atoms with E-state index in [-0.39, 0.29) is 24.7 Å². The van der Waals surface area contributed by atoms with Crippen LogP contribution in [-0.4, -0.2) is 46.9 Å². The number of benzene rings is 6. The second kappa shape index (κ2) is 29.0. The molecule has 7 rings (SSSR count). The quantitative estimate of drug-likeness (QED) is 0.0222. The van der Waals surface area contributed by atoms with Crippen molar-refractivity contribution in [2.24, 2.45) is 0 Å². The third kappa shape index (κ3) is 18.9. The molecule has 0 heterocycles. The maximum absolute atomic E-state index is 13.7. The first-order valence-corrected chi connectivity index (χ1v) is 33.9. The van der Waals surface area contributed by atoms with E-state index in [4.69, 9.17) is 16.7 Å². The first-order valence-electron chi connectivity index (χ1n) is 28.3. The van der Waals surface area contributed by atoms with Crippen LogP contribution in [-0.2, 0) is 79.0 Å². The van der Waals surface area contributed by atoms with Gasteiger partial charge < -0.3 is 8.37 Å². The van der Waals surface area contributed by atoms with Crippen LogP contribution in [0.1, 0.15) is 149 Å². The molecule has 1 aliphatic carbocycles. The fourth-order valence-electron chi connectivity index (χ4n) is 10.5. The highest BCUT2D eigenvalue weighted by Crippen LogP contribution is 2.56. The van der Waals surface area contributed by atoms with Gasteiger partial charge in [0, 0.05) is 5.41 Å². The summed E-state index contributed by atoms with van der Waals surface area (Å²) in [6, 6.07) is 20.3. The molecule has 0 spiro atoms. The number of unbranched alkanes of at least 4 members (excludes halogenated alkanes) is 14. The lowest BCUT2D eigenvalue weighted by Crippen LogP contribution is -2.26. The van der Waals surface area contributed by atoms with Crippen LogP contribution < -0.4 is 8.37 Å². The van der Waals surface area contributed by atoms with Crippen LogP contribution in [0.4, 0.5) is 52.7 Å². The summed E-state index contributed by atoms with van der Waals surface area (Å²) in [4.78, 5) is -1.95. The van der Waals surface area contributed by atoms with Gasteiger partial charge in [-0.25, -0.2) is 0 Å². The number of halogens is 12. The number of hydrogen-bond donors (Lipinski definition) is 0. The molecule has 1 aliphatic rings. The van der Waals surface area contributed by atoms with E-state index in [2.05, 4.69) is 0 Å². The van der Waals surface area contributed by atoms with E-state index in [1.54, 1.807) is 12.1 Å². The Hall–Kier alpha value is -6.20. The summed E-state index contributed by atoms with van der Waals surface area (Å²) in [5, 5.41) is 0. The monoisotopic (exact) mass is 1340 g/mol. The first-order chi connectivity index (χ1) is 41.6. The van der Waals surface area contributed by atoms with Gasteiger partial charge in [-0.1, -0.05) is 102 Å². The first kappa shape index (κ1) is 70.3. The number of rotatable bonds is 32. The topological polar surface area (TPSA) is 173 Å². The predicted octanol–water partition coefficient (Wildman–Crippen LogP) is 17.4. The van der Waals surface area contributed by atoms with Crippen molar-refractivity contribution in [1.82, 2.24) is 0 Å². The van der Waals surface area contributed by atoms with Gasteiger partial charge in [0.25, 0.3) is 20.2 Å². The highest BCUT2D eigenvalue weighted by atomic mass is 32.2. The molecule has 0 saturated heterocycles. The molecule has 0 bridgehead atoms. The van der Waals surface area contributed by atoms with Crippen molar-refractivity contribution in [3.8, 4) is 22.6 Å². The summed E-state index contributed by atoms with van der Waals surface area (Å²) in [5.74, 6) is -0.375. The number of alkyl halides is 12. The van der Waals surface area contributed by atoms with Gasteiger partial charge in [0.05, 0.1) is 45.3 Å². The minimum Gasteiger partial charge on any atom is -0.379 e. The van der Waals surface area contributed by atoms with E-state index in [0.717, 1.165) is 87.1 Å². The largest absolute Gasteiger partial charge is 0.416 e. The summed E-state index contributed by atoms with van der Waals surface area (Å²) in [6.07, 6.45) is -7.96. The molecule has 486 valence electrons. The molecule has 6 aromatic carbocycles. The Morgan fingerprint density at radius 3 is 0.787 bits per heavy atom. The lowest BCUT2D eigenvalue weighted by atomic mass is 9.70.